The van der Waals surface area contributed by atoms with E-state index in [1.165, 1.54) is 0 Å². The molecule has 0 saturated carbocycles. The van der Waals surface area contributed by atoms with Gasteiger partial charge in [-0.15, -0.1) is 0 Å². The monoisotopic (exact) mass is 539 g/mol. The van der Waals surface area contributed by atoms with Crippen LogP contribution in [0.25, 0.3) is 0 Å². The van der Waals surface area contributed by atoms with Gasteiger partial charge in [0, 0.05) is 25.6 Å². The van der Waals surface area contributed by atoms with Crippen LogP contribution in [0.4, 0.5) is 0 Å². The summed E-state index contributed by atoms with van der Waals surface area (Å²) in [7, 11) is 0. The number of nitrogens with one attached hydrogen (secondary N) is 1. The molecule has 2 amide bonds. The zero-order valence-corrected chi connectivity index (χ0v) is 23.1. The summed E-state index contributed by atoms with van der Waals surface area (Å²) in [6.45, 7) is 5.15. The zero-order chi connectivity index (χ0) is 28.3. The molecule has 3 aromatic rings. The normalized spacial score (nSPS) is 20.1. The van der Waals surface area contributed by atoms with Crippen LogP contribution in [0.5, 0.6) is 0 Å². The highest BCUT2D eigenvalue weighted by Gasteiger charge is 2.56. The number of hydrogen-bond acceptors (Lipinski definition) is 4. The van der Waals surface area contributed by atoms with Crippen molar-refractivity contribution in [1.82, 2.24) is 15.1 Å². The van der Waals surface area contributed by atoms with E-state index in [0.29, 0.717) is 32.5 Å². The van der Waals surface area contributed by atoms with Gasteiger partial charge in [0.15, 0.2) is 0 Å². The molecular formula is C33H37N3O4. The van der Waals surface area contributed by atoms with E-state index in [2.05, 4.69) is 46.6 Å². The molecule has 40 heavy (non-hydrogen) atoms. The molecule has 0 aromatic heterocycles. The summed E-state index contributed by atoms with van der Waals surface area (Å²) >= 11 is 0. The summed E-state index contributed by atoms with van der Waals surface area (Å²) in [5.41, 5.74) is 2.70. The average molecular weight is 540 g/mol. The Hall–Kier alpha value is -3.97. The van der Waals surface area contributed by atoms with E-state index in [4.69, 9.17) is 0 Å². The lowest BCUT2D eigenvalue weighted by Gasteiger charge is -2.39. The molecule has 2 fully saturated rings. The van der Waals surface area contributed by atoms with Gasteiger partial charge in [0.2, 0.25) is 11.8 Å². The van der Waals surface area contributed by atoms with Crippen molar-refractivity contribution in [2.45, 2.75) is 44.3 Å². The summed E-state index contributed by atoms with van der Waals surface area (Å²) in [6.07, 6.45) is 1.05. The van der Waals surface area contributed by atoms with Gasteiger partial charge in [0.25, 0.3) is 0 Å². The molecule has 7 heteroatoms. The molecule has 3 atom stereocenters. The van der Waals surface area contributed by atoms with E-state index in [9.17, 15) is 19.5 Å². The van der Waals surface area contributed by atoms with Crippen LogP contribution in [0.1, 0.15) is 43.4 Å². The number of likely N-dealkylation sites (tertiary alicyclic amines) is 1. The molecule has 2 heterocycles. The minimum absolute atomic E-state index is 0.0802. The van der Waals surface area contributed by atoms with Gasteiger partial charge in [-0.2, -0.15) is 0 Å². The Morgan fingerprint density at radius 3 is 1.65 bits per heavy atom. The Morgan fingerprint density at radius 1 is 0.800 bits per heavy atom. The highest BCUT2D eigenvalue weighted by atomic mass is 16.4. The number of hydrogen-bond donors (Lipinski definition) is 2. The highest BCUT2D eigenvalue weighted by Crippen LogP contribution is 2.48. The number of rotatable bonds is 9. The van der Waals surface area contributed by atoms with E-state index in [1.54, 1.807) is 13.8 Å². The lowest BCUT2D eigenvalue weighted by molar-refractivity contribution is -0.144. The first-order chi connectivity index (χ1) is 19.3. The standard InChI is InChI=1S/C33H37N3O4/c1-23(2)29(32(39)40)34-30(37)24-18-20-35(21-19-24)31(38)28-22-36(28)33(25-12-6-3-7-13-25,26-14-8-4-9-15-26)27-16-10-5-11-17-27/h3-17,23-24,28-29H,18-22H2,1-2H3,(H,34,37)(H,39,40)/t28?,29-,36?/m0/s1. The quantitative estimate of drug-likeness (QED) is 0.315. The predicted octanol–water partition coefficient (Wildman–Crippen LogP) is 4.13. The Bertz CT molecular complexity index is 1220. The minimum atomic E-state index is -1.02. The second-order valence-corrected chi connectivity index (χ2v) is 11.1. The fourth-order valence-electron chi connectivity index (χ4n) is 6.11. The van der Waals surface area contributed by atoms with Crippen molar-refractivity contribution in [2.75, 3.05) is 19.6 Å². The van der Waals surface area contributed by atoms with Crippen molar-refractivity contribution < 1.29 is 19.5 Å². The van der Waals surface area contributed by atoms with E-state index in [0.717, 1.165) is 16.7 Å². The third kappa shape index (κ3) is 5.26. The molecule has 0 spiro atoms. The summed E-state index contributed by atoms with van der Waals surface area (Å²) in [5.74, 6) is -1.68. The first kappa shape index (κ1) is 27.6. The van der Waals surface area contributed by atoms with Crippen LogP contribution in [-0.2, 0) is 19.9 Å². The molecule has 7 nitrogen and oxygen atoms in total. The Labute approximate surface area is 235 Å². The Balaban J connectivity index is 1.36. The first-order valence-electron chi connectivity index (χ1n) is 14.1. The smallest absolute Gasteiger partial charge is 0.326 e. The van der Waals surface area contributed by atoms with Crippen molar-refractivity contribution >= 4 is 17.8 Å². The summed E-state index contributed by atoms with van der Waals surface area (Å²) in [6, 6.07) is 29.9. The van der Waals surface area contributed by atoms with Gasteiger partial charge in [0.1, 0.15) is 12.1 Å². The number of carbonyl (C=O) groups is 3. The lowest BCUT2D eigenvalue weighted by Crippen LogP contribution is -2.50. The van der Waals surface area contributed by atoms with Gasteiger partial charge >= 0.3 is 5.97 Å². The first-order valence-corrected chi connectivity index (χ1v) is 14.1. The van der Waals surface area contributed by atoms with E-state index >= 15 is 0 Å². The van der Waals surface area contributed by atoms with E-state index in [1.807, 2.05) is 59.5 Å². The number of amides is 2. The number of nitrogens with zero attached hydrogens (tertiary/aromatic N) is 2. The minimum Gasteiger partial charge on any atom is -0.480 e. The molecule has 0 radical (unpaired) electrons. The second kappa shape index (κ2) is 11.6. The molecule has 5 rings (SSSR count). The van der Waals surface area contributed by atoms with Gasteiger partial charge in [-0.3, -0.25) is 14.5 Å². The van der Waals surface area contributed by atoms with E-state index < -0.39 is 17.6 Å². The second-order valence-electron chi connectivity index (χ2n) is 11.1. The number of carboxylic acids is 1. The number of aliphatic carboxylic acids is 1. The van der Waals surface area contributed by atoms with Gasteiger partial charge in [-0.1, -0.05) is 105 Å². The zero-order valence-electron chi connectivity index (χ0n) is 23.1. The number of carbonyl (C=O) groups excluding carboxylic acids is 2. The van der Waals surface area contributed by atoms with Crippen molar-refractivity contribution in [2.24, 2.45) is 11.8 Å². The molecule has 2 aliphatic heterocycles. The summed E-state index contributed by atoms with van der Waals surface area (Å²) < 4.78 is 0. The summed E-state index contributed by atoms with van der Waals surface area (Å²) in [5, 5.41) is 12.1. The summed E-state index contributed by atoms with van der Waals surface area (Å²) in [4.78, 5) is 42.3. The maximum atomic E-state index is 13.9. The molecule has 0 bridgehead atoms. The molecule has 2 N–H and O–H groups in total. The third-order valence-corrected chi connectivity index (χ3v) is 8.31. The molecular weight excluding hydrogens is 502 g/mol. The Kier molecular flexibility index (Phi) is 8.03. The predicted molar refractivity (Wildman–Crippen MR) is 153 cm³/mol. The van der Waals surface area contributed by atoms with Crippen molar-refractivity contribution in [3.8, 4) is 0 Å². The molecule has 2 unspecified atom stereocenters. The topological polar surface area (TPSA) is 89.7 Å². The van der Waals surface area contributed by atoms with Gasteiger partial charge in [-0.25, -0.2) is 4.79 Å². The van der Waals surface area contributed by atoms with Gasteiger partial charge in [-0.05, 0) is 35.4 Å². The van der Waals surface area contributed by atoms with Crippen LogP contribution in [0.15, 0.2) is 91.0 Å². The highest BCUT2D eigenvalue weighted by molar-refractivity contribution is 5.87. The fraction of sp³-hybridized carbons (Fsp3) is 0.364. The average Bonchev–Trinajstić information content (AvgIpc) is 3.78. The molecule has 0 aliphatic carbocycles. The molecule has 2 aliphatic rings. The van der Waals surface area contributed by atoms with Gasteiger partial charge in [0.05, 0.1) is 5.54 Å². The maximum Gasteiger partial charge on any atom is 0.326 e. The molecule has 208 valence electrons. The van der Waals surface area contributed by atoms with Crippen molar-refractivity contribution in [1.29, 1.82) is 0 Å². The van der Waals surface area contributed by atoms with Crippen LogP contribution in [0, 0.1) is 11.8 Å². The van der Waals surface area contributed by atoms with Crippen LogP contribution >= 0.6 is 0 Å². The number of benzene rings is 3. The van der Waals surface area contributed by atoms with Crippen molar-refractivity contribution in [3.63, 3.8) is 0 Å². The lowest BCUT2D eigenvalue weighted by atomic mass is 9.76. The number of piperidine rings is 1. The van der Waals surface area contributed by atoms with E-state index in [-0.39, 0.29) is 29.7 Å². The van der Waals surface area contributed by atoms with Crippen LogP contribution < -0.4 is 5.32 Å². The fourth-order valence-corrected chi connectivity index (χ4v) is 6.11. The SMILES string of the molecule is CC(C)[C@H](NC(=O)C1CCN(C(=O)C2CN2C(c2ccccc2)(c2ccccc2)c2ccccc2)CC1)C(=O)O. The van der Waals surface area contributed by atoms with Crippen LogP contribution in [-0.4, -0.2) is 64.4 Å². The van der Waals surface area contributed by atoms with Crippen LogP contribution in [0.3, 0.4) is 0 Å². The molecule has 3 aromatic carbocycles. The third-order valence-electron chi connectivity index (χ3n) is 8.31. The maximum absolute atomic E-state index is 13.9. The Morgan fingerprint density at radius 2 is 1.25 bits per heavy atom. The number of carboxylic acid groups (broad SMARTS) is 1. The largest absolute Gasteiger partial charge is 0.480 e. The van der Waals surface area contributed by atoms with Crippen LogP contribution in [0.2, 0.25) is 0 Å². The van der Waals surface area contributed by atoms with Gasteiger partial charge < -0.3 is 15.3 Å². The molecule has 2 saturated heterocycles. The van der Waals surface area contributed by atoms with Crippen molar-refractivity contribution in [3.05, 3.63) is 108 Å².